The maximum absolute atomic E-state index is 12.9. The number of carbonyl (C=O) groups excluding carboxylic acids is 1. The van der Waals surface area contributed by atoms with Gasteiger partial charge in [-0.25, -0.2) is 0 Å². The zero-order chi connectivity index (χ0) is 14.8. The smallest absolute Gasteiger partial charge is 0.266 e. The number of hydrogen-bond donors (Lipinski definition) is 1. The molecule has 0 spiro atoms. The third kappa shape index (κ3) is 2.62. The molecule has 2 N–H and O–H groups in total. The number of aromatic nitrogens is 1. The van der Waals surface area contributed by atoms with Crippen LogP contribution in [0.4, 0.5) is 5.69 Å². The van der Waals surface area contributed by atoms with Gasteiger partial charge in [0.1, 0.15) is 10.4 Å². The Morgan fingerprint density at radius 3 is 2.86 bits per heavy atom. The summed E-state index contributed by atoms with van der Waals surface area (Å²) in [7, 11) is 0. The average molecular weight is 303 g/mol. The molecule has 2 aromatic heterocycles. The quantitative estimate of drug-likeness (QED) is 0.941. The van der Waals surface area contributed by atoms with Crippen molar-refractivity contribution < 1.29 is 4.79 Å². The highest BCUT2D eigenvalue weighted by Gasteiger charge is 2.28. The van der Waals surface area contributed by atoms with Gasteiger partial charge in [-0.2, -0.15) is 0 Å². The van der Waals surface area contributed by atoms with Gasteiger partial charge in [0.15, 0.2) is 0 Å². The molecule has 0 unspecified atom stereocenters. The molecule has 0 bridgehead atoms. The molecule has 1 saturated carbocycles. The summed E-state index contributed by atoms with van der Waals surface area (Å²) in [5.74, 6) is 0.0740. The lowest BCUT2D eigenvalue weighted by molar-refractivity contribution is 0.0654. The molecule has 112 valence electrons. The van der Waals surface area contributed by atoms with Gasteiger partial charge in [0.25, 0.3) is 5.91 Å². The molecule has 21 heavy (non-hydrogen) atoms. The van der Waals surface area contributed by atoms with Gasteiger partial charge >= 0.3 is 0 Å². The van der Waals surface area contributed by atoms with E-state index in [1.165, 1.54) is 30.6 Å². The van der Waals surface area contributed by atoms with E-state index in [2.05, 4.69) is 4.98 Å². The maximum Gasteiger partial charge on any atom is 0.266 e. The molecule has 1 fully saturated rings. The highest BCUT2D eigenvalue weighted by molar-refractivity contribution is 7.21. The van der Waals surface area contributed by atoms with E-state index in [-0.39, 0.29) is 5.91 Å². The highest BCUT2D eigenvalue weighted by Crippen LogP contribution is 2.34. The van der Waals surface area contributed by atoms with Crippen LogP contribution in [0.2, 0.25) is 0 Å². The predicted octanol–water partition coefficient (Wildman–Crippen LogP) is 3.67. The molecule has 1 aliphatic carbocycles. The number of amides is 1. The number of nitrogens with zero attached hydrogens (tertiary/aromatic N) is 2. The van der Waals surface area contributed by atoms with Gasteiger partial charge in [-0.3, -0.25) is 9.78 Å². The number of hydrogen-bond acceptors (Lipinski definition) is 4. The number of rotatable bonds is 3. The van der Waals surface area contributed by atoms with E-state index < -0.39 is 0 Å². The molecular weight excluding hydrogens is 282 g/mol. The van der Waals surface area contributed by atoms with Crippen LogP contribution in [0.15, 0.2) is 18.3 Å². The summed E-state index contributed by atoms with van der Waals surface area (Å²) < 4.78 is 0.984. The fourth-order valence-corrected chi connectivity index (χ4v) is 4.23. The van der Waals surface area contributed by atoms with Crippen molar-refractivity contribution in [1.82, 2.24) is 9.88 Å². The van der Waals surface area contributed by atoms with Crippen molar-refractivity contribution in [2.45, 2.75) is 45.1 Å². The molecule has 2 aromatic rings. The minimum absolute atomic E-state index is 0.0740. The molecule has 1 amide bonds. The van der Waals surface area contributed by atoms with E-state index in [0.717, 1.165) is 29.6 Å². The van der Waals surface area contributed by atoms with Crippen LogP contribution in [0.1, 0.15) is 48.7 Å². The van der Waals surface area contributed by atoms with Crippen LogP contribution in [0.25, 0.3) is 10.2 Å². The van der Waals surface area contributed by atoms with Crippen molar-refractivity contribution in [1.29, 1.82) is 0 Å². The molecule has 5 heteroatoms. The van der Waals surface area contributed by atoms with Crippen LogP contribution < -0.4 is 5.73 Å². The Bertz CT molecular complexity index is 646. The molecule has 0 aliphatic heterocycles. The third-order valence-corrected chi connectivity index (χ3v) is 5.44. The normalized spacial score (nSPS) is 16.2. The predicted molar refractivity (Wildman–Crippen MR) is 87.6 cm³/mol. The molecule has 0 atom stereocenters. The van der Waals surface area contributed by atoms with E-state index in [0.29, 0.717) is 16.6 Å². The molecule has 1 aliphatic rings. The molecule has 4 nitrogen and oxygen atoms in total. The topological polar surface area (TPSA) is 59.2 Å². The molecular formula is C16H21N3OS. The first-order chi connectivity index (χ1) is 10.2. The Morgan fingerprint density at radius 1 is 1.43 bits per heavy atom. The summed E-state index contributed by atoms with van der Waals surface area (Å²) in [6.45, 7) is 2.79. The second-order valence-electron chi connectivity index (χ2n) is 5.58. The van der Waals surface area contributed by atoms with Crippen LogP contribution in [-0.2, 0) is 0 Å². The minimum Gasteiger partial charge on any atom is -0.396 e. The summed E-state index contributed by atoms with van der Waals surface area (Å²) in [4.78, 5) is 19.8. The van der Waals surface area contributed by atoms with Crippen molar-refractivity contribution >= 4 is 33.1 Å². The van der Waals surface area contributed by atoms with E-state index in [1.54, 1.807) is 6.20 Å². The van der Waals surface area contributed by atoms with E-state index >= 15 is 0 Å². The Hall–Kier alpha value is -1.62. The van der Waals surface area contributed by atoms with E-state index in [1.807, 2.05) is 24.0 Å². The summed E-state index contributed by atoms with van der Waals surface area (Å²) >= 11 is 1.46. The molecule has 0 radical (unpaired) electrons. The van der Waals surface area contributed by atoms with Gasteiger partial charge in [-0.15, -0.1) is 11.3 Å². The van der Waals surface area contributed by atoms with Crippen molar-refractivity contribution in [2.24, 2.45) is 0 Å². The van der Waals surface area contributed by atoms with Crippen molar-refractivity contribution in [3.63, 3.8) is 0 Å². The molecule has 0 aromatic carbocycles. The standard InChI is InChI=1S/C16H21N3OS/c1-2-19(11-7-4-3-5-8-11)16(20)15-13(17)14-12(21-15)9-6-10-18-14/h6,9-11H,2-5,7-8,17H2,1H3. The van der Waals surface area contributed by atoms with Crippen LogP contribution in [0.5, 0.6) is 0 Å². The van der Waals surface area contributed by atoms with Crippen LogP contribution in [0, 0.1) is 0 Å². The number of thiophene rings is 1. The van der Waals surface area contributed by atoms with Crippen molar-refractivity contribution in [3.05, 3.63) is 23.2 Å². The number of nitrogen functional groups attached to an aromatic ring is 1. The van der Waals surface area contributed by atoms with Crippen LogP contribution in [-0.4, -0.2) is 28.4 Å². The Labute approximate surface area is 129 Å². The number of pyridine rings is 1. The maximum atomic E-state index is 12.9. The van der Waals surface area contributed by atoms with E-state index in [4.69, 9.17) is 5.73 Å². The molecule has 3 rings (SSSR count). The third-order valence-electron chi connectivity index (χ3n) is 4.29. The summed E-state index contributed by atoms with van der Waals surface area (Å²) in [6.07, 6.45) is 7.68. The minimum atomic E-state index is 0.0740. The van der Waals surface area contributed by atoms with Crippen molar-refractivity contribution in [3.8, 4) is 0 Å². The Morgan fingerprint density at radius 2 is 2.19 bits per heavy atom. The lowest BCUT2D eigenvalue weighted by Gasteiger charge is -2.33. The number of carbonyl (C=O) groups is 1. The van der Waals surface area contributed by atoms with Gasteiger partial charge < -0.3 is 10.6 Å². The average Bonchev–Trinajstić information content (AvgIpc) is 2.87. The monoisotopic (exact) mass is 303 g/mol. The highest BCUT2D eigenvalue weighted by atomic mass is 32.1. The fourth-order valence-electron chi connectivity index (χ4n) is 3.20. The van der Waals surface area contributed by atoms with Crippen LogP contribution in [0.3, 0.4) is 0 Å². The second kappa shape index (κ2) is 6.02. The Balaban J connectivity index is 1.92. The van der Waals surface area contributed by atoms with Gasteiger partial charge in [0.05, 0.1) is 10.4 Å². The summed E-state index contributed by atoms with van der Waals surface area (Å²) in [5, 5.41) is 0. The SMILES string of the molecule is CCN(C(=O)c1sc2cccnc2c1N)C1CCCCC1. The molecule has 0 saturated heterocycles. The lowest BCUT2D eigenvalue weighted by Crippen LogP contribution is -2.41. The largest absolute Gasteiger partial charge is 0.396 e. The van der Waals surface area contributed by atoms with Gasteiger partial charge in [-0.1, -0.05) is 19.3 Å². The molecule has 2 heterocycles. The second-order valence-corrected chi connectivity index (χ2v) is 6.63. The lowest BCUT2D eigenvalue weighted by atomic mass is 9.94. The van der Waals surface area contributed by atoms with Gasteiger partial charge in [0, 0.05) is 18.8 Å². The first-order valence-electron chi connectivity index (χ1n) is 7.66. The van der Waals surface area contributed by atoms with Gasteiger partial charge in [0.2, 0.25) is 0 Å². The zero-order valence-electron chi connectivity index (χ0n) is 12.3. The number of nitrogens with two attached hydrogens (primary N) is 1. The van der Waals surface area contributed by atoms with E-state index in [9.17, 15) is 4.79 Å². The summed E-state index contributed by atoms with van der Waals surface area (Å²) in [6, 6.07) is 4.22. The first-order valence-corrected chi connectivity index (χ1v) is 8.48. The fraction of sp³-hybridized carbons (Fsp3) is 0.500. The number of anilines is 1. The number of fused-ring (bicyclic) bond motifs is 1. The van der Waals surface area contributed by atoms with Crippen molar-refractivity contribution in [2.75, 3.05) is 12.3 Å². The van der Waals surface area contributed by atoms with Crippen LogP contribution >= 0.6 is 11.3 Å². The zero-order valence-corrected chi connectivity index (χ0v) is 13.2. The first kappa shape index (κ1) is 14.3. The summed E-state index contributed by atoms with van der Waals surface area (Å²) in [5.41, 5.74) is 7.45. The van der Waals surface area contributed by atoms with Gasteiger partial charge in [-0.05, 0) is 31.9 Å². The Kier molecular flexibility index (Phi) is 4.10.